The van der Waals surface area contributed by atoms with Gasteiger partial charge in [-0.25, -0.2) is 0 Å². The molecular weight excluding hydrogens is 485 g/mol. The molecule has 0 radical (unpaired) electrons. The summed E-state index contributed by atoms with van der Waals surface area (Å²) in [6.07, 6.45) is 0.0548. The Kier molecular flexibility index (Phi) is 4.86. The molecule has 2 aromatic carbocycles. The molecule has 0 aliphatic heterocycles. The molecule has 0 spiro atoms. The van der Waals surface area contributed by atoms with E-state index in [0.29, 0.717) is 21.2 Å². The molecule has 1 saturated carbocycles. The van der Waals surface area contributed by atoms with Crippen molar-refractivity contribution in [2.45, 2.75) is 21.6 Å². The highest BCUT2D eigenvalue weighted by Crippen LogP contribution is 2.71. The van der Waals surface area contributed by atoms with Gasteiger partial charge in [0.25, 0.3) is 0 Å². The Labute approximate surface area is 191 Å². The van der Waals surface area contributed by atoms with E-state index in [1.54, 1.807) is 48.5 Å². The maximum Gasteiger partial charge on any atom is 0.200 e. The molecule has 4 rings (SSSR count). The topological polar surface area (TPSA) is 34.1 Å². The zero-order chi connectivity index (χ0) is 20.5. The maximum absolute atomic E-state index is 13.3. The van der Waals surface area contributed by atoms with Crippen molar-refractivity contribution in [1.82, 2.24) is 0 Å². The number of carbonyl (C=O) groups is 2. The Morgan fingerprint density at radius 1 is 0.643 bits per heavy atom. The van der Waals surface area contributed by atoms with E-state index >= 15 is 0 Å². The van der Waals surface area contributed by atoms with Gasteiger partial charge in [-0.1, -0.05) is 70.7 Å². The molecule has 1 fully saturated rings. The van der Waals surface area contributed by atoms with Crippen LogP contribution in [0.5, 0.6) is 0 Å². The second-order valence-electron chi connectivity index (χ2n) is 6.84. The van der Waals surface area contributed by atoms with Crippen molar-refractivity contribution >= 4 is 81.2 Å². The zero-order valence-corrected chi connectivity index (χ0v) is 18.4. The first kappa shape index (κ1) is 20.5. The normalized spacial score (nSPS) is 28.8. The van der Waals surface area contributed by atoms with Crippen molar-refractivity contribution in [3.63, 3.8) is 0 Å². The van der Waals surface area contributed by atoms with E-state index in [2.05, 4.69) is 0 Å². The predicted molar refractivity (Wildman–Crippen MR) is 114 cm³/mol. The summed E-state index contributed by atoms with van der Waals surface area (Å²) in [6.45, 7) is 0. The van der Waals surface area contributed by atoms with Crippen LogP contribution in [0.2, 0.25) is 10.0 Å². The molecule has 8 heteroatoms. The molecule has 28 heavy (non-hydrogen) atoms. The van der Waals surface area contributed by atoms with Gasteiger partial charge >= 0.3 is 0 Å². The van der Waals surface area contributed by atoms with Crippen molar-refractivity contribution in [2.24, 2.45) is 0 Å². The van der Waals surface area contributed by atoms with E-state index in [0.717, 1.165) is 0 Å². The zero-order valence-electron chi connectivity index (χ0n) is 13.9. The van der Waals surface area contributed by atoms with Gasteiger partial charge < -0.3 is 0 Å². The van der Waals surface area contributed by atoms with Gasteiger partial charge in [-0.05, 0) is 41.8 Å². The third-order valence-corrected chi connectivity index (χ3v) is 8.41. The number of fused-ring (bicyclic) bond motifs is 1. The average molecular weight is 495 g/mol. The van der Waals surface area contributed by atoms with E-state index in [9.17, 15) is 9.59 Å². The van der Waals surface area contributed by atoms with Crippen LogP contribution in [-0.4, -0.2) is 21.3 Å². The van der Waals surface area contributed by atoms with Gasteiger partial charge in [0.1, 0.15) is 19.8 Å². The summed E-state index contributed by atoms with van der Waals surface area (Å²) < 4.78 is 0. The molecule has 0 N–H and O–H groups in total. The van der Waals surface area contributed by atoms with Crippen molar-refractivity contribution in [3.8, 4) is 0 Å². The van der Waals surface area contributed by atoms with Gasteiger partial charge in [0.2, 0.25) is 0 Å². The lowest BCUT2D eigenvalue weighted by Gasteiger charge is -2.65. The minimum absolute atomic E-state index is 0.0548. The van der Waals surface area contributed by atoms with Gasteiger partial charge in [0.15, 0.2) is 11.6 Å². The fraction of sp³-hybridized carbons (Fsp3) is 0.200. The second-order valence-corrected chi connectivity index (χ2v) is 9.68. The fourth-order valence-electron chi connectivity index (χ4n) is 4.21. The van der Waals surface area contributed by atoms with Crippen LogP contribution >= 0.6 is 69.6 Å². The van der Waals surface area contributed by atoms with Crippen LogP contribution in [0.1, 0.15) is 17.5 Å². The van der Waals surface area contributed by atoms with Crippen LogP contribution in [0, 0.1) is 0 Å². The Bertz CT molecular complexity index is 998. The van der Waals surface area contributed by atoms with E-state index in [4.69, 9.17) is 69.6 Å². The van der Waals surface area contributed by atoms with Gasteiger partial charge in [0, 0.05) is 10.0 Å². The fourth-order valence-corrected chi connectivity index (χ4v) is 6.11. The molecule has 0 amide bonds. The first-order valence-electron chi connectivity index (χ1n) is 8.14. The van der Waals surface area contributed by atoms with Gasteiger partial charge in [-0.15, -0.1) is 23.2 Å². The summed E-state index contributed by atoms with van der Waals surface area (Å²) in [6, 6.07) is 13.7. The second kappa shape index (κ2) is 6.63. The van der Waals surface area contributed by atoms with E-state index in [-0.39, 0.29) is 6.42 Å². The maximum atomic E-state index is 13.3. The number of alkyl halides is 2. The average Bonchev–Trinajstić information content (AvgIpc) is 2.69. The van der Waals surface area contributed by atoms with E-state index < -0.39 is 36.8 Å². The molecule has 0 saturated heterocycles. The molecule has 0 aromatic heterocycles. The van der Waals surface area contributed by atoms with Crippen LogP contribution in [-0.2, 0) is 15.0 Å². The third kappa shape index (κ3) is 2.37. The number of halogens is 6. The minimum atomic E-state index is -1.87. The van der Waals surface area contributed by atoms with Crippen LogP contribution in [0.4, 0.5) is 0 Å². The monoisotopic (exact) mass is 492 g/mol. The molecule has 2 aliphatic carbocycles. The third-order valence-electron chi connectivity index (χ3n) is 5.58. The summed E-state index contributed by atoms with van der Waals surface area (Å²) in [7, 11) is 0. The summed E-state index contributed by atoms with van der Waals surface area (Å²) in [4.78, 5) is 22.5. The highest BCUT2D eigenvalue weighted by atomic mass is 35.5. The highest BCUT2D eigenvalue weighted by molar-refractivity contribution is 6.67. The predicted octanol–water partition coefficient (Wildman–Crippen LogP) is 6.48. The lowest BCUT2D eigenvalue weighted by molar-refractivity contribution is -0.134. The number of hydrogen-bond donors (Lipinski definition) is 0. The largest absolute Gasteiger partial charge is 0.291 e. The number of Topliss-reactive ketones (excluding diaryl/α,β-unsaturated/α-hetero) is 2. The number of carbonyl (C=O) groups excluding carboxylic acids is 2. The van der Waals surface area contributed by atoms with Crippen LogP contribution in [0.25, 0.3) is 0 Å². The molecule has 0 bridgehead atoms. The SMILES string of the molecule is O=C1C(Cl)=C(Cl)C(=O)C2(Cl)C1(Cl)CC2(c1ccc(Cl)cc1)c1ccc(Cl)cc1. The molecule has 144 valence electrons. The number of allylic oxidation sites excluding steroid dienone is 2. The standard InChI is InChI=1S/C20H10Cl6O2/c21-12-5-1-10(2-6-12)18(11-3-7-13(22)8-4-11)9-19(25)16(27)14(23)15(24)17(28)20(18,19)26/h1-8H,9H2. The highest BCUT2D eigenvalue weighted by Gasteiger charge is 2.82. The van der Waals surface area contributed by atoms with Crippen LogP contribution < -0.4 is 0 Å². The molecule has 2 unspecified atom stereocenters. The molecule has 2 nitrogen and oxygen atoms in total. The van der Waals surface area contributed by atoms with Gasteiger partial charge in [0.05, 0.1) is 5.41 Å². The number of ketones is 2. The molecule has 2 aliphatic rings. The van der Waals surface area contributed by atoms with Gasteiger partial charge in [-0.2, -0.15) is 0 Å². The quantitative estimate of drug-likeness (QED) is 0.448. The first-order valence-corrected chi connectivity index (χ1v) is 10.4. The number of hydrogen-bond acceptors (Lipinski definition) is 2. The number of rotatable bonds is 2. The molecule has 2 aromatic rings. The van der Waals surface area contributed by atoms with Crippen LogP contribution in [0.15, 0.2) is 58.6 Å². The van der Waals surface area contributed by atoms with Gasteiger partial charge in [-0.3, -0.25) is 9.59 Å². The minimum Gasteiger partial charge on any atom is -0.291 e. The van der Waals surface area contributed by atoms with Crippen molar-refractivity contribution < 1.29 is 9.59 Å². The first-order chi connectivity index (χ1) is 13.1. The molecular formula is C20H10Cl6O2. The summed E-state index contributed by atoms with van der Waals surface area (Å²) in [5.41, 5.74) is 0.221. The molecule has 2 atom stereocenters. The lowest BCUT2D eigenvalue weighted by atomic mass is 9.44. The summed E-state index contributed by atoms with van der Waals surface area (Å²) >= 11 is 37.8. The molecule has 0 heterocycles. The number of benzene rings is 2. The van der Waals surface area contributed by atoms with E-state index in [1.165, 1.54) is 0 Å². The van der Waals surface area contributed by atoms with Crippen molar-refractivity contribution in [1.29, 1.82) is 0 Å². The van der Waals surface area contributed by atoms with Crippen molar-refractivity contribution in [2.75, 3.05) is 0 Å². The lowest BCUT2D eigenvalue weighted by Crippen LogP contribution is -2.80. The summed E-state index contributed by atoms with van der Waals surface area (Å²) in [5, 5.41) is 0.230. The Morgan fingerprint density at radius 2 is 1.04 bits per heavy atom. The Balaban J connectivity index is 2.04. The Morgan fingerprint density at radius 3 is 1.46 bits per heavy atom. The van der Waals surface area contributed by atoms with E-state index in [1.807, 2.05) is 0 Å². The van der Waals surface area contributed by atoms with Crippen LogP contribution in [0.3, 0.4) is 0 Å². The smallest absolute Gasteiger partial charge is 0.200 e. The van der Waals surface area contributed by atoms with Crippen molar-refractivity contribution in [3.05, 3.63) is 79.8 Å². The Hall–Kier alpha value is -0.740. The summed E-state index contributed by atoms with van der Waals surface area (Å²) in [5.74, 6) is -1.35.